The maximum absolute atomic E-state index is 12.8. The van der Waals surface area contributed by atoms with Gasteiger partial charge in [0, 0.05) is 0 Å². The molecule has 0 aliphatic heterocycles. The van der Waals surface area contributed by atoms with Crippen LogP contribution in [0.4, 0.5) is 13.2 Å². The highest BCUT2D eigenvalue weighted by molar-refractivity contribution is 5.42. The van der Waals surface area contributed by atoms with Gasteiger partial charge < -0.3 is 0 Å². The Morgan fingerprint density at radius 1 is 1.00 bits per heavy atom. The van der Waals surface area contributed by atoms with Crippen LogP contribution in [-0.4, -0.2) is 0 Å². The first-order valence-corrected chi connectivity index (χ1v) is 6.54. The van der Waals surface area contributed by atoms with Gasteiger partial charge in [-0.25, -0.2) is 5.43 Å². The van der Waals surface area contributed by atoms with E-state index in [0.29, 0.717) is 5.56 Å². The van der Waals surface area contributed by atoms with E-state index >= 15 is 0 Å². The summed E-state index contributed by atoms with van der Waals surface area (Å²) in [7, 11) is 0. The van der Waals surface area contributed by atoms with Crippen LogP contribution in [0.3, 0.4) is 0 Å². The van der Waals surface area contributed by atoms with Crippen LogP contribution in [0.2, 0.25) is 0 Å². The first kappa shape index (κ1) is 15.5. The molecule has 5 heteroatoms. The number of alkyl halides is 3. The molecule has 0 saturated carbocycles. The summed E-state index contributed by atoms with van der Waals surface area (Å²) in [5.41, 5.74) is 5.31. The molecule has 0 fully saturated rings. The molecule has 2 nitrogen and oxygen atoms in total. The van der Waals surface area contributed by atoms with Crippen LogP contribution in [0, 0.1) is 13.8 Å². The predicted octanol–water partition coefficient (Wildman–Crippen LogP) is 3.87. The van der Waals surface area contributed by atoms with Gasteiger partial charge in [-0.15, -0.1) is 0 Å². The Hall–Kier alpha value is -1.85. The number of hydrogen-bond acceptors (Lipinski definition) is 2. The normalized spacial score (nSPS) is 13.2. The van der Waals surface area contributed by atoms with Crippen molar-refractivity contribution < 1.29 is 13.2 Å². The van der Waals surface area contributed by atoms with E-state index in [1.54, 1.807) is 6.07 Å². The number of hydrazine groups is 1. The van der Waals surface area contributed by atoms with Crippen molar-refractivity contribution in [3.8, 4) is 0 Å². The van der Waals surface area contributed by atoms with Crippen molar-refractivity contribution in [2.24, 2.45) is 5.84 Å². The Balaban J connectivity index is 2.52. The molecule has 0 aromatic heterocycles. The molecule has 1 unspecified atom stereocenters. The average Bonchev–Trinajstić information content (AvgIpc) is 2.42. The fourth-order valence-electron chi connectivity index (χ4n) is 2.52. The van der Waals surface area contributed by atoms with Crippen LogP contribution in [0.25, 0.3) is 0 Å². The van der Waals surface area contributed by atoms with E-state index in [2.05, 4.69) is 5.43 Å². The molecule has 2 aromatic rings. The number of aryl methyl sites for hydroxylation is 2. The quantitative estimate of drug-likeness (QED) is 0.666. The SMILES string of the molecule is Cc1cccc(C)c1C(NN)c1cccc(C(F)(F)F)c1. The molecule has 0 radical (unpaired) electrons. The summed E-state index contributed by atoms with van der Waals surface area (Å²) in [5, 5.41) is 0. The molecule has 3 N–H and O–H groups in total. The van der Waals surface area contributed by atoms with Gasteiger partial charge in [-0.3, -0.25) is 5.84 Å². The van der Waals surface area contributed by atoms with Gasteiger partial charge in [-0.05, 0) is 48.2 Å². The molecule has 112 valence electrons. The molecular formula is C16H17F3N2. The highest BCUT2D eigenvalue weighted by Gasteiger charge is 2.31. The Bertz CT molecular complexity index is 615. The summed E-state index contributed by atoms with van der Waals surface area (Å²) in [4.78, 5) is 0. The minimum Gasteiger partial charge on any atom is -0.271 e. The van der Waals surface area contributed by atoms with Gasteiger partial charge in [0.2, 0.25) is 0 Å². The van der Waals surface area contributed by atoms with Crippen molar-refractivity contribution in [2.75, 3.05) is 0 Å². The predicted molar refractivity (Wildman–Crippen MR) is 76.5 cm³/mol. The number of nitrogens with two attached hydrogens (primary N) is 1. The van der Waals surface area contributed by atoms with Crippen LogP contribution in [0.15, 0.2) is 42.5 Å². The summed E-state index contributed by atoms with van der Waals surface area (Å²) >= 11 is 0. The van der Waals surface area contributed by atoms with E-state index in [0.717, 1.165) is 28.8 Å². The largest absolute Gasteiger partial charge is 0.416 e. The summed E-state index contributed by atoms with van der Waals surface area (Å²) < 4.78 is 38.5. The van der Waals surface area contributed by atoms with Gasteiger partial charge in [0.15, 0.2) is 0 Å². The van der Waals surface area contributed by atoms with Gasteiger partial charge in [0.1, 0.15) is 0 Å². The van der Waals surface area contributed by atoms with Crippen LogP contribution < -0.4 is 11.3 Å². The molecule has 0 bridgehead atoms. The standard InChI is InChI=1S/C16H17F3N2/c1-10-5-3-6-11(2)14(10)15(21-20)12-7-4-8-13(9-12)16(17,18)19/h3-9,15,21H,20H2,1-2H3. The second-order valence-electron chi connectivity index (χ2n) is 5.03. The van der Waals surface area contributed by atoms with Crippen LogP contribution in [0.1, 0.15) is 33.9 Å². The Labute approximate surface area is 121 Å². The van der Waals surface area contributed by atoms with Gasteiger partial charge >= 0.3 is 6.18 Å². The molecular weight excluding hydrogens is 277 g/mol. The Morgan fingerprint density at radius 2 is 1.57 bits per heavy atom. The van der Waals surface area contributed by atoms with Gasteiger partial charge in [-0.1, -0.05) is 30.3 Å². The third kappa shape index (κ3) is 3.25. The lowest BCUT2D eigenvalue weighted by Crippen LogP contribution is -2.30. The summed E-state index contributed by atoms with van der Waals surface area (Å²) in [6.07, 6.45) is -4.37. The Kier molecular flexibility index (Phi) is 4.34. The fraction of sp³-hybridized carbons (Fsp3) is 0.250. The van der Waals surface area contributed by atoms with E-state index in [4.69, 9.17) is 5.84 Å². The summed E-state index contributed by atoms with van der Waals surface area (Å²) in [6.45, 7) is 3.83. The summed E-state index contributed by atoms with van der Waals surface area (Å²) in [6, 6.07) is 10.5. The molecule has 2 aromatic carbocycles. The Morgan fingerprint density at radius 3 is 2.10 bits per heavy atom. The van der Waals surface area contributed by atoms with Crippen molar-refractivity contribution in [1.29, 1.82) is 0 Å². The number of nitrogens with one attached hydrogen (secondary N) is 1. The third-order valence-corrected chi connectivity index (χ3v) is 3.54. The maximum atomic E-state index is 12.8. The van der Waals surface area contributed by atoms with Crippen molar-refractivity contribution in [3.63, 3.8) is 0 Å². The van der Waals surface area contributed by atoms with Crippen LogP contribution in [-0.2, 0) is 6.18 Å². The monoisotopic (exact) mass is 294 g/mol. The molecule has 1 atom stereocenters. The highest BCUT2D eigenvalue weighted by Crippen LogP contribution is 2.33. The zero-order valence-electron chi connectivity index (χ0n) is 11.8. The fourth-order valence-corrected chi connectivity index (χ4v) is 2.52. The number of benzene rings is 2. The van der Waals surface area contributed by atoms with Gasteiger partial charge in [0.25, 0.3) is 0 Å². The molecule has 0 spiro atoms. The van der Waals surface area contributed by atoms with E-state index in [9.17, 15) is 13.2 Å². The molecule has 0 aliphatic rings. The van der Waals surface area contributed by atoms with E-state index in [-0.39, 0.29) is 0 Å². The lowest BCUT2D eigenvalue weighted by Gasteiger charge is -2.22. The van der Waals surface area contributed by atoms with E-state index in [1.807, 2.05) is 32.0 Å². The lowest BCUT2D eigenvalue weighted by atomic mass is 9.91. The minimum atomic E-state index is -4.37. The first-order chi connectivity index (χ1) is 9.84. The second-order valence-corrected chi connectivity index (χ2v) is 5.03. The van der Waals surface area contributed by atoms with Crippen molar-refractivity contribution in [1.82, 2.24) is 5.43 Å². The van der Waals surface area contributed by atoms with E-state index in [1.165, 1.54) is 6.07 Å². The number of hydrogen-bond donors (Lipinski definition) is 2. The van der Waals surface area contributed by atoms with Crippen molar-refractivity contribution in [3.05, 3.63) is 70.3 Å². The van der Waals surface area contributed by atoms with Gasteiger partial charge in [0.05, 0.1) is 11.6 Å². The van der Waals surface area contributed by atoms with E-state index < -0.39 is 17.8 Å². The van der Waals surface area contributed by atoms with Crippen molar-refractivity contribution in [2.45, 2.75) is 26.1 Å². The molecule has 0 aliphatic carbocycles. The highest BCUT2D eigenvalue weighted by atomic mass is 19.4. The number of halogens is 3. The smallest absolute Gasteiger partial charge is 0.271 e. The third-order valence-electron chi connectivity index (χ3n) is 3.54. The minimum absolute atomic E-state index is 0.478. The topological polar surface area (TPSA) is 38.0 Å². The molecule has 0 amide bonds. The zero-order valence-corrected chi connectivity index (χ0v) is 11.8. The number of rotatable bonds is 3. The van der Waals surface area contributed by atoms with Crippen LogP contribution in [0.5, 0.6) is 0 Å². The second kappa shape index (κ2) is 5.87. The van der Waals surface area contributed by atoms with Gasteiger partial charge in [-0.2, -0.15) is 13.2 Å². The molecule has 0 heterocycles. The van der Waals surface area contributed by atoms with Crippen molar-refractivity contribution >= 4 is 0 Å². The molecule has 21 heavy (non-hydrogen) atoms. The molecule has 0 saturated heterocycles. The average molecular weight is 294 g/mol. The zero-order chi connectivity index (χ0) is 15.6. The van der Waals surface area contributed by atoms with Crippen LogP contribution >= 0.6 is 0 Å². The lowest BCUT2D eigenvalue weighted by molar-refractivity contribution is -0.137. The molecule has 2 rings (SSSR count). The first-order valence-electron chi connectivity index (χ1n) is 6.54. The maximum Gasteiger partial charge on any atom is 0.416 e. The summed E-state index contributed by atoms with van der Waals surface area (Å²) in [5.74, 6) is 5.60.